The molecule has 0 aliphatic rings. The van der Waals surface area contributed by atoms with Gasteiger partial charge >= 0.3 is 0 Å². The molecule has 0 atom stereocenters. The number of aromatic nitrogens is 2. The second-order valence-corrected chi connectivity index (χ2v) is 6.97. The van der Waals surface area contributed by atoms with Crippen molar-refractivity contribution in [1.29, 1.82) is 0 Å². The second-order valence-electron chi connectivity index (χ2n) is 5.69. The molecule has 1 aromatic heterocycles. The van der Waals surface area contributed by atoms with Crippen molar-refractivity contribution in [3.05, 3.63) is 45.3 Å². The number of rotatable bonds is 2. The van der Waals surface area contributed by atoms with E-state index in [-0.39, 0.29) is 5.41 Å². The van der Waals surface area contributed by atoms with Crippen LogP contribution < -0.4 is 5.32 Å². The zero-order chi connectivity index (χ0) is 14.9. The average molecular weight is 355 g/mol. The lowest BCUT2D eigenvalue weighted by Crippen LogP contribution is -2.17. The Morgan fingerprint density at radius 2 is 1.70 bits per heavy atom. The van der Waals surface area contributed by atoms with E-state index in [2.05, 4.69) is 52.0 Å². The molecule has 1 heterocycles. The summed E-state index contributed by atoms with van der Waals surface area (Å²) < 4.78 is 1.04. The van der Waals surface area contributed by atoms with E-state index in [4.69, 9.17) is 11.6 Å². The molecule has 0 bridgehead atoms. The van der Waals surface area contributed by atoms with Gasteiger partial charge < -0.3 is 5.32 Å². The Morgan fingerprint density at radius 3 is 2.25 bits per heavy atom. The van der Waals surface area contributed by atoms with E-state index in [1.165, 1.54) is 0 Å². The summed E-state index contributed by atoms with van der Waals surface area (Å²) in [5.41, 5.74) is 1.67. The molecule has 0 fully saturated rings. The van der Waals surface area contributed by atoms with Crippen molar-refractivity contribution in [1.82, 2.24) is 9.97 Å². The third kappa shape index (κ3) is 3.49. The Kier molecular flexibility index (Phi) is 4.35. The zero-order valence-corrected chi connectivity index (χ0v) is 14.3. The standard InChI is InChI=1S/C15H17BrClN3/c1-9-12(17)19-14(15(2,3)4)20-13(9)18-11-7-5-10(16)6-8-11/h5-8H,1-4H3,(H,18,19,20). The highest BCUT2D eigenvalue weighted by Gasteiger charge is 2.20. The molecule has 0 saturated carbocycles. The number of nitrogens with zero attached hydrogens (tertiary/aromatic N) is 2. The number of halogens is 2. The topological polar surface area (TPSA) is 37.8 Å². The number of hydrogen-bond donors (Lipinski definition) is 1. The van der Waals surface area contributed by atoms with Crippen molar-refractivity contribution >= 4 is 39.0 Å². The van der Waals surface area contributed by atoms with Crippen LogP contribution in [-0.4, -0.2) is 9.97 Å². The highest BCUT2D eigenvalue weighted by molar-refractivity contribution is 9.10. The van der Waals surface area contributed by atoms with E-state index >= 15 is 0 Å². The van der Waals surface area contributed by atoms with Gasteiger partial charge in [-0.2, -0.15) is 0 Å². The molecule has 0 saturated heterocycles. The van der Waals surface area contributed by atoms with Gasteiger partial charge in [-0.1, -0.05) is 48.3 Å². The van der Waals surface area contributed by atoms with Crippen LogP contribution in [0.1, 0.15) is 32.2 Å². The molecule has 0 amide bonds. The van der Waals surface area contributed by atoms with E-state index < -0.39 is 0 Å². The summed E-state index contributed by atoms with van der Waals surface area (Å²) in [6.07, 6.45) is 0. The van der Waals surface area contributed by atoms with Crippen LogP contribution in [0.5, 0.6) is 0 Å². The van der Waals surface area contributed by atoms with Gasteiger partial charge in [0.2, 0.25) is 0 Å². The van der Waals surface area contributed by atoms with Gasteiger partial charge in [-0.3, -0.25) is 0 Å². The molecule has 5 heteroatoms. The maximum absolute atomic E-state index is 6.22. The highest BCUT2D eigenvalue weighted by atomic mass is 79.9. The molecule has 1 N–H and O–H groups in total. The smallest absolute Gasteiger partial charge is 0.138 e. The van der Waals surface area contributed by atoms with Gasteiger partial charge in [-0.05, 0) is 31.2 Å². The van der Waals surface area contributed by atoms with Crippen molar-refractivity contribution < 1.29 is 0 Å². The van der Waals surface area contributed by atoms with Crippen LogP contribution in [-0.2, 0) is 5.41 Å². The number of nitrogens with one attached hydrogen (secondary N) is 1. The molecule has 0 radical (unpaired) electrons. The van der Waals surface area contributed by atoms with Crippen LogP contribution in [0.2, 0.25) is 5.15 Å². The minimum Gasteiger partial charge on any atom is -0.340 e. The molecule has 0 aliphatic carbocycles. The predicted molar refractivity (Wildman–Crippen MR) is 87.9 cm³/mol. The molecule has 2 rings (SSSR count). The van der Waals surface area contributed by atoms with Gasteiger partial charge in [0.15, 0.2) is 0 Å². The lowest BCUT2D eigenvalue weighted by molar-refractivity contribution is 0.545. The van der Waals surface area contributed by atoms with Crippen LogP contribution in [0.3, 0.4) is 0 Å². The molecule has 2 aromatic rings. The molecule has 3 nitrogen and oxygen atoms in total. The van der Waals surface area contributed by atoms with Gasteiger partial charge in [0, 0.05) is 21.1 Å². The Bertz CT molecular complexity index is 618. The fourth-order valence-electron chi connectivity index (χ4n) is 1.62. The van der Waals surface area contributed by atoms with E-state index in [1.807, 2.05) is 31.2 Å². The SMILES string of the molecule is Cc1c(Cl)nc(C(C)(C)C)nc1Nc1ccc(Br)cc1. The summed E-state index contributed by atoms with van der Waals surface area (Å²) in [4.78, 5) is 8.97. The first-order valence-electron chi connectivity index (χ1n) is 6.34. The average Bonchev–Trinajstić information content (AvgIpc) is 2.36. The molecule has 20 heavy (non-hydrogen) atoms. The van der Waals surface area contributed by atoms with Gasteiger partial charge in [0.1, 0.15) is 16.8 Å². The fourth-order valence-corrected chi connectivity index (χ4v) is 2.05. The van der Waals surface area contributed by atoms with Crippen LogP contribution in [0.4, 0.5) is 11.5 Å². The van der Waals surface area contributed by atoms with E-state index in [1.54, 1.807) is 0 Å². The fraction of sp³-hybridized carbons (Fsp3) is 0.333. The van der Waals surface area contributed by atoms with Gasteiger partial charge in [-0.25, -0.2) is 9.97 Å². The minimum atomic E-state index is -0.145. The lowest BCUT2D eigenvalue weighted by Gasteiger charge is -2.19. The van der Waals surface area contributed by atoms with Crippen molar-refractivity contribution in [2.75, 3.05) is 5.32 Å². The maximum atomic E-state index is 6.22. The predicted octanol–water partition coefficient (Wildman–Crippen LogP) is 5.24. The molecular formula is C15H17BrClN3. The van der Waals surface area contributed by atoms with Crippen molar-refractivity contribution in [3.63, 3.8) is 0 Å². The summed E-state index contributed by atoms with van der Waals surface area (Å²) in [6.45, 7) is 8.11. The van der Waals surface area contributed by atoms with Crippen molar-refractivity contribution in [2.24, 2.45) is 0 Å². The maximum Gasteiger partial charge on any atom is 0.138 e. The van der Waals surface area contributed by atoms with Gasteiger partial charge in [0.05, 0.1) is 0 Å². The van der Waals surface area contributed by atoms with Gasteiger partial charge in [0.25, 0.3) is 0 Å². The van der Waals surface area contributed by atoms with Crippen LogP contribution in [0.15, 0.2) is 28.7 Å². The quantitative estimate of drug-likeness (QED) is 0.749. The molecule has 0 aliphatic heterocycles. The largest absolute Gasteiger partial charge is 0.340 e. The normalized spacial score (nSPS) is 11.5. The third-order valence-corrected chi connectivity index (χ3v) is 3.76. The van der Waals surface area contributed by atoms with Gasteiger partial charge in [-0.15, -0.1) is 0 Å². The van der Waals surface area contributed by atoms with Crippen molar-refractivity contribution in [2.45, 2.75) is 33.1 Å². The number of benzene rings is 1. The summed E-state index contributed by atoms with van der Waals surface area (Å²) >= 11 is 9.64. The lowest BCUT2D eigenvalue weighted by atomic mass is 9.95. The summed E-state index contributed by atoms with van der Waals surface area (Å²) in [7, 11) is 0. The Balaban J connectivity index is 2.40. The highest BCUT2D eigenvalue weighted by Crippen LogP contribution is 2.28. The number of anilines is 2. The minimum absolute atomic E-state index is 0.145. The zero-order valence-electron chi connectivity index (χ0n) is 12.0. The first-order valence-corrected chi connectivity index (χ1v) is 7.51. The molecule has 0 unspecified atom stereocenters. The number of hydrogen-bond acceptors (Lipinski definition) is 3. The van der Waals surface area contributed by atoms with E-state index in [0.29, 0.717) is 5.15 Å². The molecular weight excluding hydrogens is 338 g/mol. The molecule has 1 aromatic carbocycles. The first-order chi connectivity index (χ1) is 9.27. The second kappa shape index (κ2) is 5.70. The van der Waals surface area contributed by atoms with E-state index in [9.17, 15) is 0 Å². The Hall–Kier alpha value is -1.13. The van der Waals surface area contributed by atoms with Crippen LogP contribution in [0, 0.1) is 6.92 Å². The summed E-state index contributed by atoms with van der Waals surface area (Å²) in [6, 6.07) is 7.92. The Labute approximate surface area is 132 Å². The Morgan fingerprint density at radius 1 is 1.10 bits per heavy atom. The summed E-state index contributed by atoms with van der Waals surface area (Å²) in [5.74, 6) is 1.48. The molecule has 106 valence electrons. The van der Waals surface area contributed by atoms with E-state index in [0.717, 1.165) is 27.4 Å². The molecule has 0 spiro atoms. The van der Waals surface area contributed by atoms with Crippen LogP contribution >= 0.6 is 27.5 Å². The third-order valence-electron chi connectivity index (χ3n) is 2.86. The van der Waals surface area contributed by atoms with Crippen LogP contribution in [0.25, 0.3) is 0 Å². The van der Waals surface area contributed by atoms with Crippen molar-refractivity contribution in [3.8, 4) is 0 Å². The monoisotopic (exact) mass is 353 g/mol. The summed E-state index contributed by atoms with van der Waals surface area (Å²) in [5, 5.41) is 3.79. The first kappa shape index (κ1) is 15.3.